The molecule has 2 aromatic heterocycles. The SMILES string of the molecule is O=C(NC[C@H](c1ccccc1)N1CCCC1)C1CCN(c2ccc3nnc(C(F)(F)F)n3n2)CC1. The largest absolute Gasteiger partial charge is 0.453 e. The highest BCUT2D eigenvalue weighted by Gasteiger charge is 2.38. The van der Waals surface area contributed by atoms with Crippen molar-refractivity contribution in [3.63, 3.8) is 0 Å². The Hall–Kier alpha value is -3.21. The Kier molecular flexibility index (Phi) is 6.59. The molecular weight excluding hydrogens is 459 g/mol. The minimum atomic E-state index is -4.64. The first-order valence-corrected chi connectivity index (χ1v) is 12.0. The molecule has 0 radical (unpaired) electrons. The molecule has 3 aromatic rings. The summed E-state index contributed by atoms with van der Waals surface area (Å²) < 4.78 is 40.3. The van der Waals surface area contributed by atoms with Gasteiger partial charge in [-0.2, -0.15) is 17.7 Å². The molecule has 186 valence electrons. The molecule has 2 aliphatic rings. The zero-order valence-corrected chi connectivity index (χ0v) is 19.3. The van der Waals surface area contributed by atoms with Gasteiger partial charge in [0.25, 0.3) is 5.82 Å². The minimum absolute atomic E-state index is 0.0337. The number of rotatable bonds is 6. The van der Waals surface area contributed by atoms with Crippen molar-refractivity contribution < 1.29 is 18.0 Å². The number of carbonyl (C=O) groups excluding carboxylic acids is 1. The number of carbonyl (C=O) groups is 1. The Morgan fingerprint density at radius 3 is 2.40 bits per heavy atom. The molecule has 11 heteroatoms. The van der Waals surface area contributed by atoms with Crippen LogP contribution in [0.15, 0.2) is 42.5 Å². The van der Waals surface area contributed by atoms with Crippen LogP contribution in [-0.2, 0) is 11.0 Å². The number of alkyl halides is 3. The van der Waals surface area contributed by atoms with Crippen molar-refractivity contribution in [2.75, 3.05) is 37.6 Å². The normalized spacial score (nSPS) is 18.8. The van der Waals surface area contributed by atoms with Gasteiger partial charge in [-0.05, 0) is 56.5 Å². The molecule has 8 nitrogen and oxygen atoms in total. The van der Waals surface area contributed by atoms with Gasteiger partial charge in [0.2, 0.25) is 5.91 Å². The van der Waals surface area contributed by atoms with E-state index in [1.165, 1.54) is 24.5 Å². The van der Waals surface area contributed by atoms with E-state index in [1.54, 1.807) is 6.07 Å². The second-order valence-corrected chi connectivity index (χ2v) is 9.16. The van der Waals surface area contributed by atoms with Gasteiger partial charge in [-0.3, -0.25) is 9.69 Å². The number of fused-ring (bicyclic) bond motifs is 1. The zero-order chi connectivity index (χ0) is 24.4. The van der Waals surface area contributed by atoms with Crippen LogP contribution in [0, 0.1) is 5.92 Å². The average Bonchev–Trinajstić information content (AvgIpc) is 3.55. The molecule has 2 aliphatic heterocycles. The maximum absolute atomic E-state index is 13.2. The van der Waals surface area contributed by atoms with Crippen molar-refractivity contribution in [3.8, 4) is 0 Å². The van der Waals surface area contributed by atoms with E-state index in [0.717, 1.165) is 17.6 Å². The Morgan fingerprint density at radius 2 is 1.71 bits per heavy atom. The molecule has 2 saturated heterocycles. The first kappa shape index (κ1) is 23.5. The lowest BCUT2D eigenvalue weighted by atomic mass is 9.95. The fourth-order valence-electron chi connectivity index (χ4n) is 5.02. The van der Waals surface area contributed by atoms with E-state index >= 15 is 0 Å². The number of halogens is 3. The van der Waals surface area contributed by atoms with E-state index in [2.05, 4.69) is 37.6 Å². The van der Waals surface area contributed by atoms with Gasteiger partial charge < -0.3 is 10.2 Å². The summed E-state index contributed by atoms with van der Waals surface area (Å²) in [7, 11) is 0. The highest BCUT2D eigenvalue weighted by Crippen LogP contribution is 2.29. The second kappa shape index (κ2) is 9.80. The Morgan fingerprint density at radius 1 is 1.00 bits per heavy atom. The van der Waals surface area contributed by atoms with E-state index in [-0.39, 0.29) is 23.5 Å². The van der Waals surface area contributed by atoms with Crippen LogP contribution in [0.2, 0.25) is 0 Å². The third kappa shape index (κ3) is 5.09. The molecule has 35 heavy (non-hydrogen) atoms. The number of nitrogens with zero attached hydrogens (tertiary/aromatic N) is 6. The van der Waals surface area contributed by atoms with Crippen molar-refractivity contribution in [1.82, 2.24) is 30.0 Å². The predicted molar refractivity (Wildman–Crippen MR) is 124 cm³/mol. The number of piperidine rings is 1. The van der Waals surface area contributed by atoms with Crippen LogP contribution >= 0.6 is 0 Å². The molecular formula is C24H28F3N7O. The van der Waals surface area contributed by atoms with E-state index in [1.807, 2.05) is 23.1 Å². The molecule has 1 aromatic carbocycles. The van der Waals surface area contributed by atoms with Crippen LogP contribution < -0.4 is 10.2 Å². The third-order valence-electron chi connectivity index (χ3n) is 6.93. The van der Waals surface area contributed by atoms with Gasteiger partial charge in [0.05, 0.1) is 6.04 Å². The molecule has 0 spiro atoms. The number of aromatic nitrogens is 4. The standard InChI is InChI=1S/C24H28F3N7O/c25-24(26,27)23-30-29-20-8-9-21(31-34(20)23)33-14-10-18(11-15-33)22(35)28-16-19(32-12-4-5-13-32)17-6-2-1-3-7-17/h1-3,6-9,18-19H,4-5,10-16H2,(H,28,35)/t19-/m1/s1. The van der Waals surface area contributed by atoms with Crippen molar-refractivity contribution in [2.45, 2.75) is 37.9 Å². The van der Waals surface area contributed by atoms with E-state index in [4.69, 9.17) is 0 Å². The van der Waals surface area contributed by atoms with Gasteiger partial charge in [0, 0.05) is 25.6 Å². The molecule has 2 fully saturated rings. The van der Waals surface area contributed by atoms with Crippen LogP contribution in [0.4, 0.5) is 19.0 Å². The highest BCUT2D eigenvalue weighted by atomic mass is 19.4. The van der Waals surface area contributed by atoms with Crippen LogP contribution in [0.25, 0.3) is 5.65 Å². The maximum Gasteiger partial charge on any atom is 0.453 e. The average molecular weight is 488 g/mol. The quantitative estimate of drug-likeness (QED) is 0.575. The van der Waals surface area contributed by atoms with Gasteiger partial charge in [-0.25, -0.2) is 0 Å². The summed E-state index contributed by atoms with van der Waals surface area (Å²) in [4.78, 5) is 17.3. The zero-order valence-electron chi connectivity index (χ0n) is 19.3. The fraction of sp³-hybridized carbons (Fsp3) is 0.500. The lowest BCUT2D eigenvalue weighted by molar-refractivity contribution is -0.146. The molecule has 5 rings (SSSR count). The summed E-state index contributed by atoms with van der Waals surface area (Å²) >= 11 is 0. The summed E-state index contributed by atoms with van der Waals surface area (Å²) in [5, 5.41) is 14.1. The van der Waals surface area contributed by atoms with Gasteiger partial charge in [-0.15, -0.1) is 15.3 Å². The van der Waals surface area contributed by atoms with Crippen molar-refractivity contribution in [1.29, 1.82) is 0 Å². The Balaban J connectivity index is 1.20. The van der Waals surface area contributed by atoms with Crippen LogP contribution in [0.1, 0.15) is 43.1 Å². The third-order valence-corrected chi connectivity index (χ3v) is 6.93. The summed E-state index contributed by atoms with van der Waals surface area (Å²) in [5.74, 6) is -0.827. The summed E-state index contributed by atoms with van der Waals surface area (Å²) in [6, 6.07) is 13.5. The minimum Gasteiger partial charge on any atom is -0.355 e. The molecule has 1 N–H and O–H groups in total. The number of benzene rings is 1. The lowest BCUT2D eigenvalue weighted by Gasteiger charge is -2.33. The van der Waals surface area contributed by atoms with Gasteiger partial charge >= 0.3 is 6.18 Å². The van der Waals surface area contributed by atoms with E-state index in [0.29, 0.717) is 38.3 Å². The summed E-state index contributed by atoms with van der Waals surface area (Å²) in [5.41, 5.74) is 1.25. The number of hydrogen-bond donors (Lipinski definition) is 1. The smallest absolute Gasteiger partial charge is 0.355 e. The molecule has 0 saturated carbocycles. The first-order chi connectivity index (χ1) is 16.9. The van der Waals surface area contributed by atoms with Crippen molar-refractivity contribution in [3.05, 3.63) is 53.9 Å². The highest BCUT2D eigenvalue weighted by molar-refractivity contribution is 5.79. The maximum atomic E-state index is 13.2. The topological polar surface area (TPSA) is 78.7 Å². The number of anilines is 1. The molecule has 4 heterocycles. The second-order valence-electron chi connectivity index (χ2n) is 9.16. The summed E-state index contributed by atoms with van der Waals surface area (Å²) in [6.07, 6.45) is -1.06. The Bertz CT molecular complexity index is 1150. The lowest BCUT2D eigenvalue weighted by Crippen LogP contribution is -2.43. The number of hydrogen-bond acceptors (Lipinski definition) is 6. The number of likely N-dealkylation sites (tertiary alicyclic amines) is 1. The van der Waals surface area contributed by atoms with Crippen LogP contribution in [0.5, 0.6) is 0 Å². The predicted octanol–water partition coefficient (Wildman–Crippen LogP) is 3.31. The van der Waals surface area contributed by atoms with Crippen molar-refractivity contribution in [2.24, 2.45) is 5.92 Å². The first-order valence-electron chi connectivity index (χ1n) is 12.0. The molecule has 0 bridgehead atoms. The van der Waals surface area contributed by atoms with Gasteiger partial charge in [-0.1, -0.05) is 30.3 Å². The Labute approximate surface area is 201 Å². The molecule has 0 aliphatic carbocycles. The molecule has 1 atom stereocenters. The van der Waals surface area contributed by atoms with Crippen LogP contribution in [-0.4, -0.2) is 63.3 Å². The number of nitrogens with one attached hydrogen (secondary N) is 1. The molecule has 0 unspecified atom stereocenters. The van der Waals surface area contributed by atoms with Gasteiger partial charge in [0.1, 0.15) is 5.82 Å². The van der Waals surface area contributed by atoms with Crippen molar-refractivity contribution >= 4 is 17.4 Å². The number of amides is 1. The van der Waals surface area contributed by atoms with Crippen LogP contribution in [0.3, 0.4) is 0 Å². The van der Waals surface area contributed by atoms with Gasteiger partial charge in [0.15, 0.2) is 5.65 Å². The monoisotopic (exact) mass is 487 g/mol. The fourth-order valence-corrected chi connectivity index (χ4v) is 5.02. The van der Waals surface area contributed by atoms with E-state index in [9.17, 15) is 18.0 Å². The molecule has 1 amide bonds. The summed E-state index contributed by atoms with van der Waals surface area (Å²) in [6.45, 7) is 3.71. The van der Waals surface area contributed by atoms with E-state index < -0.39 is 12.0 Å².